The molecule has 110 valence electrons. The first-order valence-corrected chi connectivity index (χ1v) is 6.22. The van der Waals surface area contributed by atoms with Gasteiger partial charge in [-0.3, -0.25) is 4.89 Å². The molecule has 0 aliphatic carbocycles. The van der Waals surface area contributed by atoms with Gasteiger partial charge in [0.2, 0.25) is 0 Å². The number of esters is 1. The predicted molar refractivity (Wildman–Crippen MR) is 67.6 cm³/mol. The predicted octanol–water partition coefficient (Wildman–Crippen LogP) is 2.48. The topological polar surface area (TPSA) is 71.1 Å². The summed E-state index contributed by atoms with van der Waals surface area (Å²) < 4.78 is 4.79. The van der Waals surface area contributed by atoms with Gasteiger partial charge in [0.1, 0.15) is 5.60 Å². The summed E-state index contributed by atoms with van der Waals surface area (Å²) in [6.07, 6.45) is 3.28. The summed E-state index contributed by atoms with van der Waals surface area (Å²) in [5, 5.41) is 4.37. The van der Waals surface area contributed by atoms with Crippen LogP contribution in [0.15, 0.2) is 12.2 Å². The number of hydrogen-bond acceptors (Lipinski definition) is 6. The van der Waals surface area contributed by atoms with E-state index in [1.807, 2.05) is 6.92 Å². The molecule has 0 heterocycles. The van der Waals surface area contributed by atoms with E-state index < -0.39 is 17.5 Å². The molecule has 0 aliphatic heterocycles. The molecule has 0 radical (unpaired) electrons. The molecule has 0 unspecified atom stereocenters. The van der Waals surface area contributed by atoms with Crippen molar-refractivity contribution in [2.24, 2.45) is 0 Å². The van der Waals surface area contributed by atoms with Crippen LogP contribution >= 0.6 is 0 Å². The number of carbonyl (C=O) groups is 2. The smallest absolute Gasteiger partial charge is 0.369 e. The third-order valence-electron chi connectivity index (χ3n) is 1.94. The van der Waals surface area contributed by atoms with E-state index in [2.05, 4.69) is 9.93 Å². The molecule has 0 aromatic rings. The molecule has 0 amide bonds. The van der Waals surface area contributed by atoms with Crippen LogP contribution in [0, 0.1) is 0 Å². The molecule has 6 heteroatoms. The third-order valence-corrected chi connectivity index (χ3v) is 1.94. The molecule has 6 nitrogen and oxygen atoms in total. The first-order chi connectivity index (χ1) is 8.76. The minimum absolute atomic E-state index is 0.248. The summed E-state index contributed by atoms with van der Waals surface area (Å²) in [5.74, 6) is -1.48. The highest BCUT2D eigenvalue weighted by atomic mass is 17.5. The van der Waals surface area contributed by atoms with Crippen molar-refractivity contribution in [1.29, 1.82) is 0 Å². The third kappa shape index (κ3) is 10.2. The van der Waals surface area contributed by atoms with Crippen LogP contribution < -0.4 is 0 Å². The van der Waals surface area contributed by atoms with Crippen LogP contribution in [0.4, 0.5) is 0 Å². The molecule has 0 bridgehead atoms. The number of rotatable bonds is 8. The lowest BCUT2D eigenvalue weighted by atomic mass is 10.0. The van der Waals surface area contributed by atoms with Gasteiger partial charge in [0.05, 0.1) is 6.10 Å². The molecule has 0 fully saturated rings. The van der Waals surface area contributed by atoms with Crippen LogP contribution in [-0.2, 0) is 29.1 Å². The van der Waals surface area contributed by atoms with Crippen LogP contribution in [0.25, 0.3) is 0 Å². The average molecular weight is 274 g/mol. The van der Waals surface area contributed by atoms with E-state index in [0.717, 1.165) is 25.0 Å². The lowest BCUT2D eigenvalue weighted by Crippen LogP contribution is -2.24. The first kappa shape index (κ1) is 17.6. The Morgan fingerprint density at radius 3 is 2.26 bits per heavy atom. The van der Waals surface area contributed by atoms with E-state index in [9.17, 15) is 9.59 Å². The molecule has 0 aromatic carbocycles. The Morgan fingerprint density at radius 1 is 1.16 bits per heavy atom. The van der Waals surface area contributed by atoms with Gasteiger partial charge in [0.15, 0.2) is 0 Å². The van der Waals surface area contributed by atoms with E-state index in [4.69, 9.17) is 9.62 Å². The SMILES string of the molecule is CCCC(C)(C)OOOC(=O)/C=C/C(=O)OC(C)C. The fourth-order valence-electron chi connectivity index (χ4n) is 1.22. The zero-order valence-corrected chi connectivity index (χ0v) is 12.1. The maximum atomic E-state index is 11.2. The fourth-order valence-corrected chi connectivity index (χ4v) is 1.22. The lowest BCUT2D eigenvalue weighted by Gasteiger charge is -2.20. The van der Waals surface area contributed by atoms with E-state index in [-0.39, 0.29) is 6.10 Å². The minimum Gasteiger partial charge on any atom is -0.460 e. The van der Waals surface area contributed by atoms with Crippen molar-refractivity contribution in [3.8, 4) is 0 Å². The van der Waals surface area contributed by atoms with Crippen LogP contribution in [0.2, 0.25) is 0 Å². The Kier molecular flexibility index (Phi) is 8.02. The summed E-state index contributed by atoms with van der Waals surface area (Å²) in [6.45, 7) is 9.02. The average Bonchev–Trinajstić information content (AvgIpc) is 2.25. The second-order valence-electron chi connectivity index (χ2n) is 4.88. The molecule has 0 atom stereocenters. The Morgan fingerprint density at radius 2 is 1.74 bits per heavy atom. The summed E-state index contributed by atoms with van der Waals surface area (Å²) in [5.41, 5.74) is -0.546. The van der Waals surface area contributed by atoms with Gasteiger partial charge in [-0.25, -0.2) is 9.59 Å². The van der Waals surface area contributed by atoms with E-state index in [0.29, 0.717) is 0 Å². The molecular weight excluding hydrogens is 252 g/mol. The van der Waals surface area contributed by atoms with Gasteiger partial charge >= 0.3 is 11.9 Å². The Bertz CT molecular complexity index is 319. The van der Waals surface area contributed by atoms with Gasteiger partial charge in [0, 0.05) is 12.2 Å². The second-order valence-corrected chi connectivity index (χ2v) is 4.88. The highest BCUT2D eigenvalue weighted by Gasteiger charge is 2.19. The number of hydrogen-bond donors (Lipinski definition) is 0. The molecular formula is C13H22O6. The lowest BCUT2D eigenvalue weighted by molar-refractivity contribution is -0.515. The van der Waals surface area contributed by atoms with Crippen molar-refractivity contribution >= 4 is 11.9 Å². The van der Waals surface area contributed by atoms with Crippen molar-refractivity contribution in [2.75, 3.05) is 0 Å². The summed E-state index contributed by atoms with van der Waals surface area (Å²) in [4.78, 5) is 31.5. The van der Waals surface area contributed by atoms with E-state index >= 15 is 0 Å². The van der Waals surface area contributed by atoms with Gasteiger partial charge < -0.3 is 4.74 Å². The largest absolute Gasteiger partial charge is 0.460 e. The fraction of sp³-hybridized carbons (Fsp3) is 0.692. The highest BCUT2D eigenvalue weighted by Crippen LogP contribution is 2.16. The van der Waals surface area contributed by atoms with Crippen molar-refractivity contribution in [3.05, 3.63) is 12.2 Å². The summed E-state index contributed by atoms with van der Waals surface area (Å²) in [6, 6.07) is 0. The highest BCUT2D eigenvalue weighted by molar-refractivity contribution is 5.91. The normalized spacial score (nSPS) is 11.9. The number of carbonyl (C=O) groups excluding carboxylic acids is 2. The van der Waals surface area contributed by atoms with E-state index in [1.165, 1.54) is 0 Å². The molecule has 0 aliphatic rings. The maximum Gasteiger partial charge on any atom is 0.369 e. The minimum atomic E-state index is -0.854. The van der Waals surface area contributed by atoms with Crippen LogP contribution in [0.3, 0.4) is 0 Å². The maximum absolute atomic E-state index is 11.2. The van der Waals surface area contributed by atoms with Crippen molar-refractivity contribution in [1.82, 2.24) is 0 Å². The van der Waals surface area contributed by atoms with Gasteiger partial charge in [-0.15, -0.1) is 0 Å². The molecule has 0 spiro atoms. The van der Waals surface area contributed by atoms with Crippen LogP contribution in [-0.4, -0.2) is 23.6 Å². The monoisotopic (exact) mass is 274 g/mol. The summed E-state index contributed by atoms with van der Waals surface area (Å²) in [7, 11) is 0. The zero-order valence-electron chi connectivity index (χ0n) is 12.1. The Labute approximate surface area is 113 Å². The second kappa shape index (κ2) is 8.66. The zero-order chi connectivity index (χ0) is 14.9. The first-order valence-electron chi connectivity index (χ1n) is 6.22. The van der Waals surface area contributed by atoms with Crippen LogP contribution in [0.1, 0.15) is 47.5 Å². The number of ether oxygens (including phenoxy) is 1. The molecule has 0 aromatic heterocycles. The molecule has 0 saturated heterocycles. The van der Waals surface area contributed by atoms with E-state index in [1.54, 1.807) is 27.7 Å². The molecule has 0 saturated carbocycles. The molecule has 0 rings (SSSR count). The Hall–Kier alpha value is -1.40. The van der Waals surface area contributed by atoms with Gasteiger partial charge in [0.25, 0.3) is 0 Å². The van der Waals surface area contributed by atoms with Crippen molar-refractivity contribution in [2.45, 2.75) is 59.2 Å². The van der Waals surface area contributed by atoms with Gasteiger partial charge in [-0.1, -0.05) is 13.3 Å². The molecule has 0 N–H and O–H groups in total. The van der Waals surface area contributed by atoms with Crippen LogP contribution in [0.5, 0.6) is 0 Å². The standard InChI is InChI=1S/C13H22O6/c1-6-9-13(4,5)18-19-17-12(15)8-7-11(14)16-10(2)3/h7-8,10H,6,9H2,1-5H3/b8-7+. The molecule has 19 heavy (non-hydrogen) atoms. The quantitative estimate of drug-likeness (QED) is 0.293. The summed E-state index contributed by atoms with van der Waals surface area (Å²) >= 11 is 0. The van der Waals surface area contributed by atoms with Gasteiger partial charge in [-0.05, 0) is 39.2 Å². The van der Waals surface area contributed by atoms with Gasteiger partial charge in [-0.2, -0.15) is 4.89 Å². The Balaban J connectivity index is 3.93. The van der Waals surface area contributed by atoms with Crippen molar-refractivity contribution in [3.63, 3.8) is 0 Å². The van der Waals surface area contributed by atoms with Crippen molar-refractivity contribution < 1.29 is 29.1 Å².